The molecule has 1 fully saturated rings. The van der Waals surface area contributed by atoms with E-state index < -0.39 is 10.8 Å². The largest absolute Gasteiger partial charge is 0.497 e. The Kier molecular flexibility index (Phi) is 4.60. The molecule has 1 aromatic heterocycles. The molecule has 1 atom stereocenters. The maximum atomic E-state index is 12.7. The van der Waals surface area contributed by atoms with Gasteiger partial charge in [0, 0.05) is 18.2 Å². The van der Waals surface area contributed by atoms with Gasteiger partial charge in [0.1, 0.15) is 16.4 Å². The highest BCUT2D eigenvalue weighted by atomic mass is 16.6. The van der Waals surface area contributed by atoms with Gasteiger partial charge in [-0.25, -0.2) is 0 Å². The molecule has 8 nitrogen and oxygen atoms in total. The first-order chi connectivity index (χ1) is 12.0. The standard InChI is InChI=1S/C17H18N2O6/c1-23-11-5-6-12(15(10-11)24-2)13-4-3-9-18(13)17(20)14-7-8-16(25-14)19(21)22/h5-8,10,13H,3-4,9H2,1-2H3. The predicted molar refractivity (Wildman–Crippen MR) is 87.9 cm³/mol. The third kappa shape index (κ3) is 3.15. The second-order valence-corrected chi connectivity index (χ2v) is 5.66. The highest BCUT2D eigenvalue weighted by Crippen LogP contribution is 2.39. The van der Waals surface area contributed by atoms with E-state index in [1.54, 1.807) is 25.2 Å². The molecule has 3 rings (SSSR count). The third-order valence-electron chi connectivity index (χ3n) is 4.30. The summed E-state index contributed by atoms with van der Waals surface area (Å²) in [6.45, 7) is 0.549. The molecule has 8 heteroatoms. The minimum atomic E-state index is -0.662. The first-order valence-corrected chi connectivity index (χ1v) is 7.82. The number of hydrogen-bond acceptors (Lipinski definition) is 6. The number of carbonyl (C=O) groups is 1. The quantitative estimate of drug-likeness (QED) is 0.609. The van der Waals surface area contributed by atoms with Crippen molar-refractivity contribution in [1.82, 2.24) is 4.90 Å². The fourth-order valence-corrected chi connectivity index (χ4v) is 3.11. The van der Waals surface area contributed by atoms with Gasteiger partial charge in [-0.3, -0.25) is 14.9 Å². The van der Waals surface area contributed by atoms with Crippen LogP contribution in [-0.4, -0.2) is 36.5 Å². The number of furan rings is 1. The molecule has 0 N–H and O–H groups in total. The second-order valence-electron chi connectivity index (χ2n) is 5.66. The molecule has 0 radical (unpaired) electrons. The summed E-state index contributed by atoms with van der Waals surface area (Å²) in [6.07, 6.45) is 1.60. The lowest BCUT2D eigenvalue weighted by Crippen LogP contribution is -2.30. The van der Waals surface area contributed by atoms with Crippen LogP contribution in [0.1, 0.15) is 35.0 Å². The highest BCUT2D eigenvalue weighted by Gasteiger charge is 2.34. The minimum Gasteiger partial charge on any atom is -0.497 e. The van der Waals surface area contributed by atoms with E-state index in [2.05, 4.69) is 0 Å². The van der Waals surface area contributed by atoms with Crippen molar-refractivity contribution in [1.29, 1.82) is 0 Å². The molecule has 132 valence electrons. The van der Waals surface area contributed by atoms with Crippen LogP contribution in [0.3, 0.4) is 0 Å². The summed E-state index contributed by atoms with van der Waals surface area (Å²) in [5.41, 5.74) is 0.871. The lowest BCUT2D eigenvalue weighted by molar-refractivity contribution is -0.402. The Labute approximate surface area is 144 Å². The van der Waals surface area contributed by atoms with E-state index in [4.69, 9.17) is 13.9 Å². The van der Waals surface area contributed by atoms with Gasteiger partial charge in [-0.05, 0) is 31.0 Å². The fraction of sp³-hybridized carbons (Fsp3) is 0.353. The molecule has 1 saturated heterocycles. The third-order valence-corrected chi connectivity index (χ3v) is 4.30. The number of nitrogens with zero attached hydrogens (tertiary/aromatic N) is 2. The Morgan fingerprint density at radius 3 is 2.72 bits per heavy atom. The Balaban J connectivity index is 1.89. The summed E-state index contributed by atoms with van der Waals surface area (Å²) in [7, 11) is 3.14. The average molecular weight is 346 g/mol. The molecule has 1 amide bonds. The number of methoxy groups -OCH3 is 2. The maximum Gasteiger partial charge on any atom is 0.433 e. The Morgan fingerprint density at radius 2 is 2.08 bits per heavy atom. The summed E-state index contributed by atoms with van der Waals surface area (Å²) in [5.74, 6) is 0.452. The van der Waals surface area contributed by atoms with Gasteiger partial charge in [-0.1, -0.05) is 0 Å². The van der Waals surface area contributed by atoms with E-state index in [9.17, 15) is 14.9 Å². The van der Waals surface area contributed by atoms with E-state index in [0.717, 1.165) is 18.4 Å². The van der Waals surface area contributed by atoms with Crippen molar-refractivity contribution in [3.8, 4) is 11.5 Å². The van der Waals surface area contributed by atoms with Gasteiger partial charge in [-0.15, -0.1) is 0 Å². The lowest BCUT2D eigenvalue weighted by atomic mass is 10.0. The van der Waals surface area contributed by atoms with Crippen LogP contribution in [0.2, 0.25) is 0 Å². The molecule has 1 aliphatic heterocycles. The van der Waals surface area contributed by atoms with Crippen molar-refractivity contribution in [2.24, 2.45) is 0 Å². The van der Waals surface area contributed by atoms with Crippen LogP contribution >= 0.6 is 0 Å². The number of hydrogen-bond donors (Lipinski definition) is 0. The second kappa shape index (κ2) is 6.84. The zero-order chi connectivity index (χ0) is 18.0. The topological polar surface area (TPSA) is 95.0 Å². The van der Waals surface area contributed by atoms with Crippen molar-refractivity contribution in [3.63, 3.8) is 0 Å². The van der Waals surface area contributed by atoms with Gasteiger partial charge in [0.15, 0.2) is 5.76 Å². The number of nitro groups is 1. The molecule has 0 aliphatic carbocycles. The normalized spacial score (nSPS) is 16.7. The molecule has 0 saturated carbocycles. The van der Waals surface area contributed by atoms with Crippen molar-refractivity contribution in [3.05, 3.63) is 51.8 Å². The molecule has 2 heterocycles. The van der Waals surface area contributed by atoms with Crippen LogP contribution in [0.15, 0.2) is 34.7 Å². The number of amides is 1. The smallest absolute Gasteiger partial charge is 0.433 e. The summed E-state index contributed by atoms with van der Waals surface area (Å²) >= 11 is 0. The molecule has 1 aromatic carbocycles. The first kappa shape index (κ1) is 16.8. The number of carbonyl (C=O) groups excluding carboxylic acids is 1. The van der Waals surface area contributed by atoms with E-state index in [1.807, 2.05) is 12.1 Å². The molecule has 1 unspecified atom stereocenters. The van der Waals surface area contributed by atoms with Gasteiger partial charge >= 0.3 is 5.88 Å². The lowest BCUT2D eigenvalue weighted by Gasteiger charge is -2.25. The monoisotopic (exact) mass is 346 g/mol. The van der Waals surface area contributed by atoms with E-state index in [1.165, 1.54) is 12.1 Å². The Morgan fingerprint density at radius 1 is 1.28 bits per heavy atom. The summed E-state index contributed by atoms with van der Waals surface area (Å²) in [5, 5.41) is 10.7. The minimum absolute atomic E-state index is 0.0360. The van der Waals surface area contributed by atoms with Crippen LogP contribution < -0.4 is 9.47 Å². The maximum absolute atomic E-state index is 12.7. The number of benzene rings is 1. The van der Waals surface area contributed by atoms with Crippen LogP contribution in [0.5, 0.6) is 11.5 Å². The van der Waals surface area contributed by atoms with Gasteiger partial charge in [0.05, 0.1) is 26.3 Å². The van der Waals surface area contributed by atoms with Gasteiger partial charge in [-0.2, -0.15) is 0 Å². The van der Waals surface area contributed by atoms with Crippen molar-refractivity contribution in [2.75, 3.05) is 20.8 Å². The zero-order valence-electron chi connectivity index (χ0n) is 13.9. The molecule has 0 bridgehead atoms. The van der Waals surface area contributed by atoms with Crippen LogP contribution in [0.4, 0.5) is 5.88 Å². The predicted octanol–water partition coefficient (Wildman–Crippen LogP) is 3.18. The van der Waals surface area contributed by atoms with E-state index in [0.29, 0.717) is 18.0 Å². The van der Waals surface area contributed by atoms with Gasteiger partial charge < -0.3 is 18.8 Å². The fourth-order valence-electron chi connectivity index (χ4n) is 3.11. The van der Waals surface area contributed by atoms with Crippen LogP contribution in [0.25, 0.3) is 0 Å². The Hall–Kier alpha value is -3.03. The van der Waals surface area contributed by atoms with Crippen LogP contribution in [0, 0.1) is 10.1 Å². The number of ether oxygens (including phenoxy) is 2. The molecular weight excluding hydrogens is 328 g/mol. The van der Waals surface area contributed by atoms with E-state index in [-0.39, 0.29) is 17.7 Å². The van der Waals surface area contributed by atoms with Gasteiger partial charge in [0.2, 0.25) is 0 Å². The number of rotatable bonds is 5. The average Bonchev–Trinajstić information content (AvgIpc) is 3.30. The summed E-state index contributed by atoms with van der Waals surface area (Å²) in [4.78, 5) is 24.5. The summed E-state index contributed by atoms with van der Waals surface area (Å²) < 4.78 is 15.7. The molecule has 1 aliphatic rings. The van der Waals surface area contributed by atoms with Crippen molar-refractivity contribution < 1.29 is 23.6 Å². The van der Waals surface area contributed by atoms with Crippen LogP contribution in [-0.2, 0) is 0 Å². The van der Waals surface area contributed by atoms with Crippen molar-refractivity contribution in [2.45, 2.75) is 18.9 Å². The zero-order valence-corrected chi connectivity index (χ0v) is 13.9. The first-order valence-electron chi connectivity index (χ1n) is 7.82. The highest BCUT2D eigenvalue weighted by molar-refractivity contribution is 5.92. The Bertz CT molecular complexity index is 800. The number of likely N-dealkylation sites (tertiary alicyclic amines) is 1. The van der Waals surface area contributed by atoms with Gasteiger partial charge in [0.25, 0.3) is 5.91 Å². The molecule has 2 aromatic rings. The molecule has 0 spiro atoms. The van der Waals surface area contributed by atoms with E-state index >= 15 is 0 Å². The molecular formula is C17H18N2O6. The summed E-state index contributed by atoms with van der Waals surface area (Å²) in [6, 6.07) is 7.80. The molecule has 25 heavy (non-hydrogen) atoms. The van der Waals surface area contributed by atoms with Crippen molar-refractivity contribution >= 4 is 11.8 Å². The SMILES string of the molecule is COc1ccc(C2CCCN2C(=O)c2ccc([N+](=O)[O-])o2)c(OC)c1.